The number of carbonyl (C=O) groups is 3. The van der Waals surface area contributed by atoms with Crippen LogP contribution in [0.4, 0.5) is 0 Å². The van der Waals surface area contributed by atoms with E-state index >= 15 is 0 Å². The Kier molecular flexibility index (Phi) is 13.4. The number of rotatable bonds is 12. The number of nitrogens with one attached hydrogen (secondary N) is 2. The number of ether oxygens (including phenoxy) is 1. The van der Waals surface area contributed by atoms with Gasteiger partial charge in [0.05, 0.1) is 12.0 Å². The first-order valence-corrected chi connectivity index (χ1v) is 14.6. The third kappa shape index (κ3) is 9.51. The molecule has 4 rings (SSSR count). The summed E-state index contributed by atoms with van der Waals surface area (Å²) >= 11 is 0. The smallest absolute Gasteiger partial charge is 0.463 e. The predicted molar refractivity (Wildman–Crippen MR) is 167 cm³/mol. The summed E-state index contributed by atoms with van der Waals surface area (Å²) in [6.07, 6.45) is 1.26. The van der Waals surface area contributed by atoms with Gasteiger partial charge in [0, 0.05) is 12.5 Å². The Bertz CT molecular complexity index is 1220. The quantitative estimate of drug-likeness (QED) is 0.190. The first-order chi connectivity index (χ1) is 20.8. The highest BCUT2D eigenvalue weighted by atomic mass is 16.5. The van der Waals surface area contributed by atoms with Crippen LogP contribution in [0.15, 0.2) is 91.0 Å². The largest absolute Gasteiger partial charge is 0.475 e. The van der Waals surface area contributed by atoms with Crippen molar-refractivity contribution in [2.45, 2.75) is 57.2 Å². The fourth-order valence-corrected chi connectivity index (χ4v) is 5.36. The van der Waals surface area contributed by atoms with Crippen molar-refractivity contribution in [1.82, 2.24) is 15.5 Å². The lowest BCUT2D eigenvalue weighted by atomic mass is 9.73. The highest BCUT2D eigenvalue weighted by Gasteiger charge is 2.41. The molecule has 0 spiro atoms. The van der Waals surface area contributed by atoms with Crippen LogP contribution in [0.25, 0.3) is 0 Å². The third-order valence-electron chi connectivity index (χ3n) is 7.58. The number of nitrogens with zero attached hydrogens (tertiary/aromatic N) is 1. The van der Waals surface area contributed by atoms with Gasteiger partial charge in [-0.25, -0.2) is 0 Å². The lowest BCUT2D eigenvalue weighted by Gasteiger charge is -2.33. The van der Waals surface area contributed by atoms with E-state index in [4.69, 9.17) is 0 Å². The van der Waals surface area contributed by atoms with Crippen LogP contribution in [0.5, 0.6) is 0 Å². The van der Waals surface area contributed by atoms with Gasteiger partial charge in [0.25, 0.3) is 6.47 Å². The minimum absolute atomic E-state index is 0.140. The molecule has 4 N–H and O–H groups in total. The summed E-state index contributed by atoms with van der Waals surface area (Å²) in [7, 11) is 0.105. The average molecular weight is 588 g/mol. The van der Waals surface area contributed by atoms with Gasteiger partial charge in [-0.15, -0.1) is 0 Å². The van der Waals surface area contributed by atoms with Crippen LogP contribution in [0.1, 0.15) is 49.3 Å². The Labute approximate surface area is 254 Å². The second-order valence-corrected chi connectivity index (χ2v) is 10.8. The van der Waals surface area contributed by atoms with Crippen molar-refractivity contribution in [3.05, 3.63) is 108 Å². The number of likely N-dealkylation sites (tertiary alicyclic amines) is 1. The number of amides is 2. The molecule has 1 aliphatic rings. The van der Waals surface area contributed by atoms with Gasteiger partial charge in [0.1, 0.15) is 12.6 Å². The Morgan fingerprint density at radius 2 is 1.49 bits per heavy atom. The Hall–Kier alpha value is -3.99. The monoisotopic (exact) mass is 587 g/mol. The van der Waals surface area contributed by atoms with Crippen molar-refractivity contribution < 1.29 is 29.2 Å². The summed E-state index contributed by atoms with van der Waals surface area (Å²) in [4.78, 5) is 38.3. The molecule has 3 unspecified atom stereocenters. The normalized spacial score (nSPS) is 15.7. The number of hydrogen-bond acceptors (Lipinski definition) is 7. The van der Waals surface area contributed by atoms with Gasteiger partial charge in [-0.3, -0.25) is 14.4 Å². The zero-order valence-corrected chi connectivity index (χ0v) is 25.0. The van der Waals surface area contributed by atoms with E-state index in [1.165, 1.54) is 0 Å². The predicted octanol–water partition coefficient (Wildman–Crippen LogP) is 2.91. The van der Waals surface area contributed by atoms with Crippen molar-refractivity contribution in [1.29, 1.82) is 0 Å². The highest BCUT2D eigenvalue weighted by molar-refractivity contribution is 6.43. The van der Waals surface area contributed by atoms with Crippen molar-refractivity contribution in [3.8, 4) is 0 Å². The van der Waals surface area contributed by atoms with E-state index in [0.717, 1.165) is 23.1 Å². The van der Waals surface area contributed by atoms with Gasteiger partial charge in [0.2, 0.25) is 11.8 Å². The number of carbonyl (C=O) groups excluding carboxylic acids is 3. The molecular weight excluding hydrogens is 545 g/mol. The maximum Gasteiger partial charge on any atom is 0.475 e. The molecule has 10 heteroatoms. The number of likely N-dealkylation sites (N-methyl/N-ethyl adjacent to an activating group) is 1. The lowest BCUT2D eigenvalue weighted by molar-refractivity contribution is -0.140. The Morgan fingerprint density at radius 1 is 0.953 bits per heavy atom. The summed E-state index contributed by atoms with van der Waals surface area (Å²) in [5.74, 6) is -1.67. The zero-order valence-electron chi connectivity index (χ0n) is 25.0. The molecule has 1 fully saturated rings. The highest BCUT2D eigenvalue weighted by Crippen LogP contribution is 2.31. The summed E-state index contributed by atoms with van der Waals surface area (Å²) in [6, 6.07) is 28.1. The first kappa shape index (κ1) is 33.5. The molecule has 43 heavy (non-hydrogen) atoms. The molecule has 3 atom stereocenters. The second-order valence-electron chi connectivity index (χ2n) is 10.8. The molecule has 0 aliphatic carbocycles. The van der Waals surface area contributed by atoms with Crippen molar-refractivity contribution in [3.63, 3.8) is 0 Å². The SMILES string of the molecule is CNC(C(=O)N1CCCC1C(=O)NC(B(O)O)C(C)C)C(c1ccccc1)c1ccccc1.O=COCc1ccccc1. The van der Waals surface area contributed by atoms with Crippen LogP contribution in [-0.4, -0.2) is 72.0 Å². The van der Waals surface area contributed by atoms with Gasteiger partial charge < -0.3 is 30.3 Å². The summed E-state index contributed by atoms with van der Waals surface area (Å²) in [6.45, 7) is 4.92. The molecule has 0 aromatic heterocycles. The van der Waals surface area contributed by atoms with E-state index < -0.39 is 25.1 Å². The third-order valence-corrected chi connectivity index (χ3v) is 7.58. The van der Waals surface area contributed by atoms with Gasteiger partial charge in [-0.05, 0) is 42.5 Å². The lowest BCUT2D eigenvalue weighted by Crippen LogP contribution is -2.57. The van der Waals surface area contributed by atoms with E-state index in [0.29, 0.717) is 26.0 Å². The molecule has 1 saturated heterocycles. The van der Waals surface area contributed by atoms with E-state index in [2.05, 4.69) is 15.4 Å². The molecule has 3 aromatic rings. The molecule has 0 bridgehead atoms. The molecule has 0 radical (unpaired) electrons. The average Bonchev–Trinajstić information content (AvgIpc) is 3.53. The van der Waals surface area contributed by atoms with Crippen LogP contribution in [-0.2, 0) is 25.7 Å². The maximum absolute atomic E-state index is 13.8. The van der Waals surface area contributed by atoms with Crippen molar-refractivity contribution >= 4 is 25.4 Å². The summed E-state index contributed by atoms with van der Waals surface area (Å²) < 4.78 is 4.54. The number of hydrogen-bond donors (Lipinski definition) is 4. The topological polar surface area (TPSA) is 128 Å². The standard InChI is InChI=1S/C25H34BN3O4.C8H8O2/c1-17(2)23(26(32)33)28-24(30)20-15-10-16-29(20)25(31)22(27-3)21(18-11-6-4-7-12-18)19-13-8-5-9-14-19;9-7-10-6-8-4-2-1-3-5-8/h4-9,11-14,17,20-23,27,32-33H,10,15-16H2,1-3H3,(H,28,30);1-5,7H,6H2. The molecule has 228 valence electrons. The van der Waals surface area contributed by atoms with E-state index in [1.807, 2.05) is 105 Å². The van der Waals surface area contributed by atoms with E-state index in [9.17, 15) is 24.4 Å². The Balaban J connectivity index is 0.000000428. The Morgan fingerprint density at radius 3 is 1.95 bits per heavy atom. The fraction of sp³-hybridized carbons (Fsp3) is 0.364. The van der Waals surface area contributed by atoms with Crippen molar-refractivity contribution in [2.75, 3.05) is 13.6 Å². The van der Waals surface area contributed by atoms with Crippen LogP contribution in [0, 0.1) is 5.92 Å². The zero-order chi connectivity index (χ0) is 31.2. The number of benzene rings is 3. The fourth-order valence-electron chi connectivity index (χ4n) is 5.36. The molecule has 1 heterocycles. The van der Waals surface area contributed by atoms with Gasteiger partial charge in [-0.2, -0.15) is 0 Å². The van der Waals surface area contributed by atoms with Gasteiger partial charge in [0.15, 0.2) is 0 Å². The molecule has 9 nitrogen and oxygen atoms in total. The minimum Gasteiger partial charge on any atom is -0.463 e. The van der Waals surface area contributed by atoms with Crippen LogP contribution in [0.2, 0.25) is 0 Å². The van der Waals surface area contributed by atoms with Crippen LogP contribution < -0.4 is 10.6 Å². The first-order valence-electron chi connectivity index (χ1n) is 14.6. The van der Waals surface area contributed by atoms with E-state index in [1.54, 1.807) is 11.9 Å². The maximum atomic E-state index is 13.8. The molecule has 0 saturated carbocycles. The van der Waals surface area contributed by atoms with E-state index in [-0.39, 0.29) is 23.7 Å². The molecule has 1 aliphatic heterocycles. The van der Waals surface area contributed by atoms with Gasteiger partial charge in [-0.1, -0.05) is 105 Å². The summed E-state index contributed by atoms with van der Waals surface area (Å²) in [5.41, 5.74) is 3.04. The van der Waals surface area contributed by atoms with Crippen molar-refractivity contribution in [2.24, 2.45) is 5.92 Å². The molecular formula is C33H42BN3O6. The van der Waals surface area contributed by atoms with Crippen LogP contribution in [0.3, 0.4) is 0 Å². The van der Waals surface area contributed by atoms with Gasteiger partial charge >= 0.3 is 7.12 Å². The summed E-state index contributed by atoms with van der Waals surface area (Å²) in [5, 5.41) is 25.3. The molecule has 3 aromatic carbocycles. The minimum atomic E-state index is -1.66. The molecule has 2 amide bonds. The second kappa shape index (κ2) is 17.2. The van der Waals surface area contributed by atoms with Crippen LogP contribution >= 0.6 is 0 Å².